The van der Waals surface area contributed by atoms with Crippen LogP contribution in [0.25, 0.3) is 0 Å². The molecule has 5 nitrogen and oxygen atoms in total. The molecular formula is C15H18N2O3S. The van der Waals surface area contributed by atoms with Crippen molar-refractivity contribution >= 4 is 23.8 Å². The average molecular weight is 306 g/mol. The van der Waals surface area contributed by atoms with E-state index in [0.29, 0.717) is 12.3 Å². The summed E-state index contributed by atoms with van der Waals surface area (Å²) in [4.78, 5) is 25.1. The smallest absolute Gasteiger partial charge is 0.327 e. The highest BCUT2D eigenvalue weighted by molar-refractivity contribution is 7.99. The summed E-state index contributed by atoms with van der Waals surface area (Å²) in [6.07, 6.45) is 1.64. The number of nitrogens with one attached hydrogen (secondary N) is 1. The summed E-state index contributed by atoms with van der Waals surface area (Å²) >= 11 is 1.58. The second-order valence-electron chi connectivity index (χ2n) is 5.45. The fraction of sp³-hybridized carbons (Fsp3) is 0.467. The molecule has 1 unspecified atom stereocenters. The molecule has 2 amide bonds. The predicted molar refractivity (Wildman–Crippen MR) is 81.6 cm³/mol. The molecule has 0 bridgehead atoms. The van der Waals surface area contributed by atoms with E-state index < -0.39 is 12.0 Å². The highest BCUT2D eigenvalue weighted by Gasteiger charge is 2.34. The van der Waals surface area contributed by atoms with Gasteiger partial charge in [-0.05, 0) is 24.0 Å². The number of urea groups is 1. The van der Waals surface area contributed by atoms with Gasteiger partial charge in [-0.3, -0.25) is 0 Å². The van der Waals surface area contributed by atoms with Crippen LogP contribution in [0.4, 0.5) is 4.79 Å². The molecule has 21 heavy (non-hydrogen) atoms. The van der Waals surface area contributed by atoms with E-state index in [0.717, 1.165) is 18.6 Å². The standard InChI is InChI=1S/C15H18N2O3S/c18-14(19)13-9-21-6-5-17(13)15(20)16-12-7-10-3-1-2-4-11(10)8-12/h1-4,12-13H,5-9H2,(H,16,20)(H,18,19). The first kappa shape index (κ1) is 14.3. The Morgan fingerprint density at radius 3 is 2.52 bits per heavy atom. The van der Waals surface area contributed by atoms with Crippen molar-refractivity contribution in [2.75, 3.05) is 18.1 Å². The van der Waals surface area contributed by atoms with E-state index in [4.69, 9.17) is 0 Å². The zero-order valence-electron chi connectivity index (χ0n) is 11.6. The van der Waals surface area contributed by atoms with Crippen LogP contribution in [0.15, 0.2) is 24.3 Å². The zero-order valence-corrected chi connectivity index (χ0v) is 12.4. The van der Waals surface area contributed by atoms with E-state index in [1.807, 2.05) is 12.1 Å². The number of carbonyl (C=O) groups is 2. The second-order valence-corrected chi connectivity index (χ2v) is 6.60. The SMILES string of the molecule is O=C(O)C1CSCCN1C(=O)NC1Cc2ccccc2C1. The number of benzene rings is 1. The Kier molecular flexibility index (Phi) is 4.05. The van der Waals surface area contributed by atoms with Gasteiger partial charge in [-0.15, -0.1) is 0 Å². The van der Waals surface area contributed by atoms with Crippen LogP contribution in [0.3, 0.4) is 0 Å². The van der Waals surface area contributed by atoms with E-state index in [2.05, 4.69) is 17.4 Å². The first-order valence-electron chi connectivity index (χ1n) is 7.09. The fourth-order valence-electron chi connectivity index (χ4n) is 2.97. The van der Waals surface area contributed by atoms with Crippen molar-refractivity contribution in [1.82, 2.24) is 10.2 Å². The van der Waals surface area contributed by atoms with Gasteiger partial charge in [0.15, 0.2) is 0 Å². The largest absolute Gasteiger partial charge is 0.480 e. The van der Waals surface area contributed by atoms with Gasteiger partial charge in [-0.2, -0.15) is 11.8 Å². The Morgan fingerprint density at radius 2 is 1.90 bits per heavy atom. The Hall–Kier alpha value is -1.69. The van der Waals surface area contributed by atoms with Crippen LogP contribution in [0.2, 0.25) is 0 Å². The molecule has 3 rings (SSSR count). The molecule has 1 saturated heterocycles. The topological polar surface area (TPSA) is 69.6 Å². The summed E-state index contributed by atoms with van der Waals surface area (Å²) in [5.41, 5.74) is 2.54. The van der Waals surface area contributed by atoms with Gasteiger partial charge >= 0.3 is 12.0 Å². The number of hydrogen-bond donors (Lipinski definition) is 2. The molecule has 0 saturated carbocycles. The molecule has 1 fully saturated rings. The fourth-order valence-corrected chi connectivity index (χ4v) is 4.01. The van der Waals surface area contributed by atoms with E-state index in [1.54, 1.807) is 11.8 Å². The Bertz CT molecular complexity index is 539. The van der Waals surface area contributed by atoms with Crippen LogP contribution >= 0.6 is 11.8 Å². The van der Waals surface area contributed by atoms with Crippen molar-refractivity contribution in [2.24, 2.45) is 0 Å². The van der Waals surface area contributed by atoms with Crippen LogP contribution in [0.5, 0.6) is 0 Å². The third kappa shape index (κ3) is 3.00. The van der Waals surface area contributed by atoms with Crippen LogP contribution in [0, 0.1) is 0 Å². The van der Waals surface area contributed by atoms with Crippen molar-refractivity contribution in [3.63, 3.8) is 0 Å². The molecule has 112 valence electrons. The number of amides is 2. The minimum absolute atomic E-state index is 0.0684. The monoisotopic (exact) mass is 306 g/mol. The molecule has 1 aromatic rings. The van der Waals surface area contributed by atoms with E-state index in [9.17, 15) is 14.7 Å². The summed E-state index contributed by atoms with van der Waals surface area (Å²) in [5.74, 6) is 0.336. The first-order chi connectivity index (χ1) is 10.1. The number of thioether (sulfide) groups is 1. The van der Waals surface area contributed by atoms with Gasteiger partial charge in [-0.25, -0.2) is 9.59 Å². The van der Waals surface area contributed by atoms with Crippen LogP contribution in [-0.4, -0.2) is 52.1 Å². The number of nitrogens with zero attached hydrogens (tertiary/aromatic N) is 1. The molecule has 6 heteroatoms. The Balaban J connectivity index is 1.63. The van der Waals surface area contributed by atoms with Crippen molar-refractivity contribution in [1.29, 1.82) is 0 Å². The highest BCUT2D eigenvalue weighted by Crippen LogP contribution is 2.22. The third-order valence-electron chi connectivity index (χ3n) is 4.05. The summed E-state index contributed by atoms with van der Waals surface area (Å²) < 4.78 is 0. The third-order valence-corrected chi connectivity index (χ3v) is 5.08. The van der Waals surface area contributed by atoms with Crippen LogP contribution in [0.1, 0.15) is 11.1 Å². The maximum Gasteiger partial charge on any atom is 0.327 e. The number of carboxylic acids is 1. The second kappa shape index (κ2) is 5.97. The first-order valence-corrected chi connectivity index (χ1v) is 8.25. The number of rotatable bonds is 2. The highest BCUT2D eigenvalue weighted by atomic mass is 32.2. The Labute approximate surface area is 127 Å². The number of carbonyl (C=O) groups excluding carboxylic acids is 1. The molecule has 1 atom stereocenters. The maximum absolute atomic E-state index is 12.4. The lowest BCUT2D eigenvalue weighted by atomic mass is 10.1. The van der Waals surface area contributed by atoms with Crippen LogP contribution in [-0.2, 0) is 17.6 Å². The van der Waals surface area contributed by atoms with Gasteiger partial charge in [-0.1, -0.05) is 24.3 Å². The van der Waals surface area contributed by atoms with Gasteiger partial charge in [0, 0.05) is 24.1 Å². The summed E-state index contributed by atoms with van der Waals surface area (Å²) in [6, 6.07) is 7.28. The summed E-state index contributed by atoms with van der Waals surface area (Å²) in [6.45, 7) is 0.493. The van der Waals surface area contributed by atoms with Crippen LogP contribution < -0.4 is 5.32 Å². The molecule has 1 aliphatic carbocycles. The molecule has 0 spiro atoms. The predicted octanol–water partition coefficient (Wildman–Crippen LogP) is 1.37. The van der Waals surface area contributed by atoms with E-state index >= 15 is 0 Å². The molecule has 2 aliphatic rings. The molecule has 1 heterocycles. The molecule has 2 N–H and O–H groups in total. The molecule has 0 aromatic heterocycles. The number of fused-ring (bicyclic) bond motifs is 1. The summed E-state index contributed by atoms with van der Waals surface area (Å²) in [5, 5.41) is 12.2. The van der Waals surface area contributed by atoms with Gasteiger partial charge in [0.25, 0.3) is 0 Å². The van der Waals surface area contributed by atoms with Gasteiger partial charge in [0.1, 0.15) is 6.04 Å². The van der Waals surface area contributed by atoms with E-state index in [1.165, 1.54) is 16.0 Å². The zero-order chi connectivity index (χ0) is 14.8. The van der Waals surface area contributed by atoms with Gasteiger partial charge in [0.05, 0.1) is 0 Å². The van der Waals surface area contributed by atoms with Crippen molar-refractivity contribution in [2.45, 2.75) is 24.9 Å². The normalized spacial score (nSPS) is 21.9. The lowest BCUT2D eigenvalue weighted by Gasteiger charge is -2.33. The Morgan fingerprint density at radius 1 is 1.24 bits per heavy atom. The minimum atomic E-state index is -0.924. The van der Waals surface area contributed by atoms with Gasteiger partial charge < -0.3 is 15.3 Å². The molecule has 1 aliphatic heterocycles. The lowest BCUT2D eigenvalue weighted by molar-refractivity contribution is -0.141. The molecule has 0 radical (unpaired) electrons. The molecular weight excluding hydrogens is 288 g/mol. The average Bonchev–Trinajstić information content (AvgIpc) is 2.89. The summed E-state index contributed by atoms with van der Waals surface area (Å²) in [7, 11) is 0. The lowest BCUT2D eigenvalue weighted by Crippen LogP contribution is -2.55. The number of carboxylic acid groups (broad SMARTS) is 1. The number of aliphatic carboxylic acids is 1. The van der Waals surface area contributed by atoms with Gasteiger partial charge in [0.2, 0.25) is 0 Å². The number of hydrogen-bond acceptors (Lipinski definition) is 3. The van der Waals surface area contributed by atoms with Crippen molar-refractivity contribution < 1.29 is 14.7 Å². The van der Waals surface area contributed by atoms with E-state index in [-0.39, 0.29) is 12.1 Å². The maximum atomic E-state index is 12.4. The molecule has 1 aromatic carbocycles. The minimum Gasteiger partial charge on any atom is -0.480 e. The van der Waals surface area contributed by atoms with Crippen molar-refractivity contribution in [3.05, 3.63) is 35.4 Å². The quantitative estimate of drug-likeness (QED) is 0.866. The van der Waals surface area contributed by atoms with Crippen molar-refractivity contribution in [3.8, 4) is 0 Å².